The zero-order valence-electron chi connectivity index (χ0n) is 15.5. The third-order valence-corrected chi connectivity index (χ3v) is 7.00. The van der Waals surface area contributed by atoms with Gasteiger partial charge in [0.1, 0.15) is 0 Å². The van der Waals surface area contributed by atoms with E-state index in [-0.39, 0.29) is 23.0 Å². The zero-order valence-corrected chi connectivity index (χ0v) is 16.3. The van der Waals surface area contributed by atoms with Crippen molar-refractivity contribution in [3.8, 4) is 0 Å². The smallest absolute Gasteiger partial charge is 0.262 e. The van der Waals surface area contributed by atoms with E-state index in [2.05, 4.69) is 10.1 Å². The first-order valence-corrected chi connectivity index (χ1v) is 10.7. The topological polar surface area (TPSA) is 93.3 Å². The number of carbonyl (C=O) groups excluding carboxylic acids is 1. The molecule has 0 saturated carbocycles. The number of hydrogen-bond acceptors (Lipinski definition) is 5. The lowest BCUT2D eigenvalue weighted by Gasteiger charge is -2.15. The largest absolute Gasteiger partial charge is 0.334 e. The molecule has 0 N–H and O–H groups in total. The molecule has 27 heavy (non-hydrogen) atoms. The third kappa shape index (κ3) is 3.27. The van der Waals surface area contributed by atoms with Crippen molar-refractivity contribution in [2.24, 2.45) is 0 Å². The molecule has 1 amide bonds. The van der Waals surface area contributed by atoms with E-state index in [9.17, 15) is 13.2 Å². The molecule has 2 aliphatic heterocycles. The molecule has 0 radical (unpaired) electrons. The van der Waals surface area contributed by atoms with Crippen LogP contribution in [0.5, 0.6) is 0 Å². The van der Waals surface area contributed by atoms with Crippen molar-refractivity contribution in [1.82, 2.24) is 23.6 Å². The molecule has 0 spiro atoms. The van der Waals surface area contributed by atoms with Gasteiger partial charge in [0, 0.05) is 44.5 Å². The Balaban J connectivity index is 1.48. The normalized spacial score (nSPS) is 21.7. The molecule has 146 valence electrons. The van der Waals surface area contributed by atoms with Gasteiger partial charge in [-0.2, -0.15) is 9.40 Å². The predicted octanol–water partition coefficient (Wildman–Crippen LogP) is 1.42. The highest BCUT2D eigenvalue weighted by molar-refractivity contribution is 7.89. The summed E-state index contributed by atoms with van der Waals surface area (Å²) in [4.78, 5) is 17.7. The van der Waals surface area contributed by atoms with E-state index < -0.39 is 10.0 Å². The van der Waals surface area contributed by atoms with E-state index in [1.807, 2.05) is 20.0 Å². The molecule has 0 aliphatic carbocycles. The van der Waals surface area contributed by atoms with Gasteiger partial charge in [-0.3, -0.25) is 9.48 Å². The molecule has 2 fully saturated rings. The SMILES string of the molecule is CC(C)n1cnc(S(=O)(=O)N2CCC(n3cc(N4CCCC4=O)cn3)C2)c1. The van der Waals surface area contributed by atoms with Gasteiger partial charge in [0.25, 0.3) is 10.0 Å². The van der Waals surface area contributed by atoms with Crippen molar-refractivity contribution in [1.29, 1.82) is 0 Å². The summed E-state index contributed by atoms with van der Waals surface area (Å²) in [6.07, 6.45) is 8.78. The molecule has 4 rings (SSSR count). The Morgan fingerprint density at radius 1 is 1.22 bits per heavy atom. The lowest BCUT2D eigenvalue weighted by Crippen LogP contribution is -2.29. The van der Waals surface area contributed by atoms with E-state index >= 15 is 0 Å². The van der Waals surface area contributed by atoms with Gasteiger partial charge in [0.15, 0.2) is 5.03 Å². The number of aromatic nitrogens is 4. The van der Waals surface area contributed by atoms with Crippen LogP contribution in [0.4, 0.5) is 5.69 Å². The minimum absolute atomic E-state index is 0.0431. The monoisotopic (exact) mass is 392 g/mol. The Morgan fingerprint density at radius 2 is 2.04 bits per heavy atom. The number of imidazole rings is 1. The van der Waals surface area contributed by atoms with Crippen LogP contribution >= 0.6 is 0 Å². The Bertz CT molecular complexity index is 948. The molecule has 10 heteroatoms. The summed E-state index contributed by atoms with van der Waals surface area (Å²) in [6, 6.07) is 0.113. The zero-order chi connectivity index (χ0) is 19.2. The van der Waals surface area contributed by atoms with Crippen LogP contribution in [-0.4, -0.2) is 57.6 Å². The molecule has 4 heterocycles. The maximum Gasteiger partial charge on any atom is 0.262 e. The number of nitrogens with zero attached hydrogens (tertiary/aromatic N) is 6. The summed E-state index contributed by atoms with van der Waals surface area (Å²) in [5.41, 5.74) is 0.787. The average molecular weight is 392 g/mol. The van der Waals surface area contributed by atoms with E-state index in [0.717, 1.165) is 12.1 Å². The molecule has 2 aromatic rings. The molecular formula is C17H24N6O3S. The molecular weight excluding hydrogens is 368 g/mol. The van der Waals surface area contributed by atoms with Gasteiger partial charge in [-0.15, -0.1) is 0 Å². The summed E-state index contributed by atoms with van der Waals surface area (Å²) in [6.45, 7) is 5.45. The van der Waals surface area contributed by atoms with Gasteiger partial charge in [0.05, 0.1) is 24.3 Å². The third-order valence-electron chi connectivity index (χ3n) is 5.25. The lowest BCUT2D eigenvalue weighted by atomic mass is 10.3. The van der Waals surface area contributed by atoms with E-state index in [1.165, 1.54) is 4.31 Å². The number of sulfonamides is 1. The van der Waals surface area contributed by atoms with Gasteiger partial charge < -0.3 is 9.47 Å². The fourth-order valence-corrected chi connectivity index (χ4v) is 5.01. The fraction of sp³-hybridized carbons (Fsp3) is 0.588. The molecule has 9 nitrogen and oxygen atoms in total. The number of hydrogen-bond donors (Lipinski definition) is 0. The fourth-order valence-electron chi connectivity index (χ4n) is 3.60. The van der Waals surface area contributed by atoms with Gasteiger partial charge in [0.2, 0.25) is 5.91 Å². The van der Waals surface area contributed by atoms with Crippen molar-refractivity contribution in [2.75, 3.05) is 24.5 Å². The molecule has 0 aromatic carbocycles. The highest BCUT2D eigenvalue weighted by Crippen LogP contribution is 2.29. The lowest BCUT2D eigenvalue weighted by molar-refractivity contribution is -0.117. The van der Waals surface area contributed by atoms with E-state index in [0.29, 0.717) is 32.5 Å². The van der Waals surface area contributed by atoms with Gasteiger partial charge >= 0.3 is 0 Å². The second-order valence-electron chi connectivity index (χ2n) is 7.39. The van der Waals surface area contributed by atoms with Crippen LogP contribution in [0, 0.1) is 0 Å². The minimum Gasteiger partial charge on any atom is -0.334 e. The van der Waals surface area contributed by atoms with Gasteiger partial charge in [-0.25, -0.2) is 13.4 Å². The van der Waals surface area contributed by atoms with Crippen LogP contribution in [-0.2, 0) is 14.8 Å². The van der Waals surface area contributed by atoms with Crippen molar-refractivity contribution >= 4 is 21.6 Å². The standard InChI is InChI=1S/C17H24N6O3S/c1-13(2)20-11-16(18-12-20)27(25,26)21-7-5-14(9-21)23-10-15(8-19-23)22-6-3-4-17(22)24/h8,10-14H,3-7,9H2,1-2H3. The number of carbonyl (C=O) groups is 1. The summed E-state index contributed by atoms with van der Waals surface area (Å²) in [5.74, 6) is 0.117. The Labute approximate surface area is 158 Å². The van der Waals surface area contributed by atoms with Crippen molar-refractivity contribution < 1.29 is 13.2 Å². The van der Waals surface area contributed by atoms with E-state index in [1.54, 1.807) is 32.9 Å². The first-order valence-electron chi connectivity index (χ1n) is 9.24. The summed E-state index contributed by atoms with van der Waals surface area (Å²) in [5, 5.41) is 4.46. The molecule has 0 bridgehead atoms. The summed E-state index contributed by atoms with van der Waals surface area (Å²) < 4.78 is 30.8. The second-order valence-corrected chi connectivity index (χ2v) is 9.27. The second kappa shape index (κ2) is 6.75. The predicted molar refractivity (Wildman–Crippen MR) is 98.8 cm³/mol. The Morgan fingerprint density at radius 3 is 2.70 bits per heavy atom. The average Bonchev–Trinajstić information content (AvgIpc) is 3.39. The van der Waals surface area contributed by atoms with Crippen LogP contribution in [0.25, 0.3) is 0 Å². The Kier molecular flexibility index (Phi) is 4.55. The first-order chi connectivity index (χ1) is 12.9. The van der Waals surface area contributed by atoms with Crippen LogP contribution in [0.15, 0.2) is 29.9 Å². The van der Waals surface area contributed by atoms with Gasteiger partial charge in [-0.05, 0) is 26.7 Å². The highest BCUT2D eigenvalue weighted by Gasteiger charge is 2.35. The van der Waals surface area contributed by atoms with Crippen LogP contribution in [0.2, 0.25) is 0 Å². The van der Waals surface area contributed by atoms with Crippen molar-refractivity contribution in [3.63, 3.8) is 0 Å². The van der Waals surface area contributed by atoms with Crippen molar-refractivity contribution in [3.05, 3.63) is 24.9 Å². The molecule has 1 unspecified atom stereocenters. The summed E-state index contributed by atoms with van der Waals surface area (Å²) >= 11 is 0. The number of rotatable bonds is 5. The Hall–Kier alpha value is -2.20. The molecule has 2 aromatic heterocycles. The maximum absolute atomic E-state index is 12.9. The molecule has 2 aliphatic rings. The summed E-state index contributed by atoms with van der Waals surface area (Å²) in [7, 11) is -3.61. The van der Waals surface area contributed by atoms with Gasteiger partial charge in [-0.1, -0.05) is 0 Å². The first kappa shape index (κ1) is 18.2. The maximum atomic E-state index is 12.9. The number of anilines is 1. The molecule has 2 saturated heterocycles. The quantitative estimate of drug-likeness (QED) is 0.767. The number of amides is 1. The van der Waals surface area contributed by atoms with Crippen LogP contribution in [0.1, 0.15) is 45.2 Å². The van der Waals surface area contributed by atoms with Crippen molar-refractivity contribution in [2.45, 2.75) is 50.2 Å². The van der Waals surface area contributed by atoms with Crippen LogP contribution < -0.4 is 4.90 Å². The van der Waals surface area contributed by atoms with Crippen LogP contribution in [0.3, 0.4) is 0 Å². The minimum atomic E-state index is -3.61. The van der Waals surface area contributed by atoms with E-state index in [4.69, 9.17) is 0 Å². The highest BCUT2D eigenvalue weighted by atomic mass is 32.2. The molecule has 1 atom stereocenters.